The molecule has 4 nitrogen and oxygen atoms in total. The van der Waals surface area contributed by atoms with Crippen LogP contribution in [0.4, 0.5) is 0 Å². The summed E-state index contributed by atoms with van der Waals surface area (Å²) in [6, 6.07) is 0. The summed E-state index contributed by atoms with van der Waals surface area (Å²) in [5.74, 6) is 0.580. The third-order valence-corrected chi connectivity index (χ3v) is 4.43. The lowest BCUT2D eigenvalue weighted by atomic mass is 9.89. The van der Waals surface area contributed by atoms with E-state index < -0.39 is 5.54 Å². The Balaban J connectivity index is 2.12. The maximum Gasteiger partial charge on any atom is 0.325 e. The fourth-order valence-electron chi connectivity index (χ4n) is 3.11. The van der Waals surface area contributed by atoms with Gasteiger partial charge in [0.25, 0.3) is 0 Å². The Morgan fingerprint density at radius 2 is 1.95 bits per heavy atom. The molecule has 0 spiro atoms. The number of esters is 1. The number of carbonyl (C=O) groups is 1. The molecular weight excluding hydrogens is 252 g/mol. The van der Waals surface area contributed by atoms with E-state index in [0.29, 0.717) is 6.42 Å². The third kappa shape index (κ3) is 6.23. The van der Waals surface area contributed by atoms with E-state index in [9.17, 15) is 4.79 Å². The van der Waals surface area contributed by atoms with E-state index in [1.54, 1.807) is 6.92 Å². The number of carbonyl (C=O) groups excluding carboxylic acids is 1. The van der Waals surface area contributed by atoms with Crippen molar-refractivity contribution in [3.8, 4) is 0 Å². The first-order valence-corrected chi connectivity index (χ1v) is 8.01. The molecule has 0 aromatic heterocycles. The molecule has 20 heavy (non-hydrogen) atoms. The molecule has 0 aromatic rings. The van der Waals surface area contributed by atoms with E-state index in [0.717, 1.165) is 25.3 Å². The Morgan fingerprint density at radius 1 is 1.30 bits per heavy atom. The summed E-state index contributed by atoms with van der Waals surface area (Å²) in [4.78, 5) is 13.9. The molecule has 1 aliphatic rings. The molecule has 1 rings (SSSR count). The average Bonchev–Trinajstić information content (AvgIpc) is 2.43. The van der Waals surface area contributed by atoms with Gasteiger partial charge < -0.3 is 15.4 Å². The van der Waals surface area contributed by atoms with E-state index in [1.807, 2.05) is 0 Å². The van der Waals surface area contributed by atoms with Crippen LogP contribution < -0.4 is 5.73 Å². The molecule has 0 heterocycles. The van der Waals surface area contributed by atoms with Crippen molar-refractivity contribution in [2.45, 2.75) is 63.8 Å². The molecule has 0 aliphatic heterocycles. The minimum absolute atomic E-state index is 0.312. The Hall–Kier alpha value is -0.610. The van der Waals surface area contributed by atoms with Gasteiger partial charge in [0.05, 0.1) is 7.11 Å². The first-order chi connectivity index (χ1) is 9.45. The van der Waals surface area contributed by atoms with Gasteiger partial charge in [-0.3, -0.25) is 4.79 Å². The van der Waals surface area contributed by atoms with Crippen LogP contribution in [0.3, 0.4) is 0 Å². The summed E-state index contributed by atoms with van der Waals surface area (Å²) in [5, 5.41) is 0. The maximum atomic E-state index is 11.5. The highest BCUT2D eigenvalue weighted by Crippen LogP contribution is 2.24. The average molecular weight is 284 g/mol. The van der Waals surface area contributed by atoms with Gasteiger partial charge in [-0.05, 0) is 58.5 Å². The Morgan fingerprint density at radius 3 is 2.55 bits per heavy atom. The van der Waals surface area contributed by atoms with Crippen molar-refractivity contribution in [3.05, 3.63) is 0 Å². The van der Waals surface area contributed by atoms with Crippen LogP contribution in [0, 0.1) is 5.92 Å². The maximum absolute atomic E-state index is 11.5. The van der Waals surface area contributed by atoms with Gasteiger partial charge in [-0.2, -0.15) is 0 Å². The molecule has 1 aliphatic carbocycles. The lowest BCUT2D eigenvalue weighted by Gasteiger charge is -2.27. The number of methoxy groups -OCH3 is 1. The molecule has 0 radical (unpaired) electrons. The molecule has 0 aromatic carbocycles. The number of unbranched alkanes of at least 4 members (excludes halogenated alkanes) is 1. The van der Waals surface area contributed by atoms with E-state index in [4.69, 9.17) is 10.5 Å². The van der Waals surface area contributed by atoms with Gasteiger partial charge in [0.2, 0.25) is 0 Å². The largest absolute Gasteiger partial charge is 0.468 e. The second-order valence-electron chi connectivity index (χ2n) is 6.63. The van der Waals surface area contributed by atoms with Gasteiger partial charge in [0.1, 0.15) is 5.54 Å². The summed E-state index contributed by atoms with van der Waals surface area (Å²) < 4.78 is 4.72. The van der Waals surface area contributed by atoms with Gasteiger partial charge in [0, 0.05) is 6.54 Å². The van der Waals surface area contributed by atoms with Crippen LogP contribution in [0.5, 0.6) is 0 Å². The standard InChI is InChI=1S/C16H32N2O2/c1-16(17,15(19)20-3)11-7-8-12-18(2)13-14-9-5-4-6-10-14/h14H,4-13,17H2,1-3H3. The van der Waals surface area contributed by atoms with E-state index in [1.165, 1.54) is 45.8 Å². The summed E-state index contributed by atoms with van der Waals surface area (Å²) in [6.07, 6.45) is 9.78. The minimum Gasteiger partial charge on any atom is -0.468 e. The van der Waals surface area contributed by atoms with Crippen LogP contribution in [0.1, 0.15) is 58.3 Å². The molecule has 1 saturated carbocycles. The normalized spacial score (nSPS) is 19.9. The quantitative estimate of drug-likeness (QED) is 0.550. The SMILES string of the molecule is COC(=O)C(C)(N)CCCCN(C)CC1CCCCC1. The first kappa shape index (κ1) is 17.4. The van der Waals surface area contributed by atoms with Gasteiger partial charge in [-0.15, -0.1) is 0 Å². The summed E-state index contributed by atoms with van der Waals surface area (Å²) in [6.45, 7) is 4.06. The topological polar surface area (TPSA) is 55.6 Å². The van der Waals surface area contributed by atoms with Crippen molar-refractivity contribution in [2.24, 2.45) is 11.7 Å². The van der Waals surface area contributed by atoms with Gasteiger partial charge in [0.15, 0.2) is 0 Å². The Bertz CT molecular complexity index is 286. The van der Waals surface area contributed by atoms with Gasteiger partial charge >= 0.3 is 5.97 Å². The second-order valence-corrected chi connectivity index (χ2v) is 6.63. The second kappa shape index (κ2) is 8.63. The molecule has 4 heteroatoms. The summed E-state index contributed by atoms with van der Waals surface area (Å²) in [7, 11) is 3.60. The number of hydrogen-bond donors (Lipinski definition) is 1. The summed E-state index contributed by atoms with van der Waals surface area (Å²) in [5.41, 5.74) is 5.11. The number of hydrogen-bond acceptors (Lipinski definition) is 4. The molecule has 1 atom stereocenters. The predicted octanol–water partition coefficient (Wildman–Crippen LogP) is 2.56. The Labute approximate surface area is 124 Å². The zero-order valence-electron chi connectivity index (χ0n) is 13.5. The molecule has 0 bridgehead atoms. The summed E-state index contributed by atoms with van der Waals surface area (Å²) >= 11 is 0. The number of ether oxygens (including phenoxy) is 1. The third-order valence-electron chi connectivity index (χ3n) is 4.43. The number of rotatable bonds is 8. The lowest BCUT2D eigenvalue weighted by molar-refractivity contribution is -0.146. The monoisotopic (exact) mass is 284 g/mol. The highest BCUT2D eigenvalue weighted by molar-refractivity contribution is 5.79. The highest BCUT2D eigenvalue weighted by atomic mass is 16.5. The van der Waals surface area contributed by atoms with Crippen molar-refractivity contribution in [1.82, 2.24) is 4.90 Å². The van der Waals surface area contributed by atoms with Crippen molar-refractivity contribution >= 4 is 5.97 Å². The number of nitrogens with two attached hydrogens (primary N) is 1. The van der Waals surface area contributed by atoms with Gasteiger partial charge in [-0.25, -0.2) is 0 Å². The Kier molecular flexibility index (Phi) is 7.52. The molecule has 118 valence electrons. The van der Waals surface area contributed by atoms with E-state index in [-0.39, 0.29) is 5.97 Å². The fraction of sp³-hybridized carbons (Fsp3) is 0.938. The molecule has 2 N–H and O–H groups in total. The van der Waals surface area contributed by atoms with Crippen LogP contribution in [0.2, 0.25) is 0 Å². The minimum atomic E-state index is -0.837. The molecule has 1 fully saturated rings. The van der Waals surface area contributed by atoms with Crippen LogP contribution in [-0.4, -0.2) is 43.7 Å². The van der Waals surface area contributed by atoms with Crippen molar-refractivity contribution in [2.75, 3.05) is 27.2 Å². The van der Waals surface area contributed by atoms with Crippen molar-refractivity contribution < 1.29 is 9.53 Å². The lowest BCUT2D eigenvalue weighted by Crippen LogP contribution is -2.45. The van der Waals surface area contributed by atoms with Crippen LogP contribution in [-0.2, 0) is 9.53 Å². The fourth-order valence-corrected chi connectivity index (χ4v) is 3.11. The molecule has 0 amide bonds. The van der Waals surface area contributed by atoms with E-state index in [2.05, 4.69) is 11.9 Å². The van der Waals surface area contributed by atoms with Crippen LogP contribution in [0.15, 0.2) is 0 Å². The highest BCUT2D eigenvalue weighted by Gasteiger charge is 2.28. The first-order valence-electron chi connectivity index (χ1n) is 8.01. The van der Waals surface area contributed by atoms with Crippen molar-refractivity contribution in [1.29, 1.82) is 0 Å². The zero-order chi connectivity index (χ0) is 15.0. The smallest absolute Gasteiger partial charge is 0.325 e. The van der Waals surface area contributed by atoms with Crippen LogP contribution in [0.25, 0.3) is 0 Å². The van der Waals surface area contributed by atoms with Crippen molar-refractivity contribution in [3.63, 3.8) is 0 Å². The molecule has 1 unspecified atom stereocenters. The van der Waals surface area contributed by atoms with Crippen LogP contribution >= 0.6 is 0 Å². The zero-order valence-corrected chi connectivity index (χ0v) is 13.5. The van der Waals surface area contributed by atoms with E-state index >= 15 is 0 Å². The predicted molar refractivity (Wildman–Crippen MR) is 82.5 cm³/mol. The molecule has 0 saturated heterocycles. The number of nitrogens with zero attached hydrogens (tertiary/aromatic N) is 1. The van der Waals surface area contributed by atoms with Gasteiger partial charge in [-0.1, -0.05) is 19.3 Å². The molecular formula is C16H32N2O2.